The van der Waals surface area contributed by atoms with Crippen molar-refractivity contribution in [1.29, 1.82) is 0 Å². The van der Waals surface area contributed by atoms with Crippen molar-refractivity contribution in [2.75, 3.05) is 0 Å². The molecule has 94 valence electrons. The molecule has 0 aliphatic rings. The second-order valence-corrected chi connectivity index (χ2v) is 4.00. The van der Waals surface area contributed by atoms with E-state index in [2.05, 4.69) is 10.5 Å². The molecule has 2 aromatic rings. The summed E-state index contributed by atoms with van der Waals surface area (Å²) in [7, 11) is 0. The molecule has 5 heteroatoms. The first kappa shape index (κ1) is 12.3. The summed E-state index contributed by atoms with van der Waals surface area (Å²) in [5.74, 6) is -0.299. The van der Waals surface area contributed by atoms with E-state index in [1.165, 1.54) is 0 Å². The van der Waals surface area contributed by atoms with Crippen LogP contribution in [0.1, 0.15) is 23.1 Å². The Morgan fingerprint density at radius 2 is 2.17 bits per heavy atom. The van der Waals surface area contributed by atoms with E-state index < -0.39 is 12.0 Å². The summed E-state index contributed by atoms with van der Waals surface area (Å²) in [5, 5.41) is 15.9. The molecule has 5 nitrogen and oxygen atoms in total. The maximum absolute atomic E-state index is 11.2. The van der Waals surface area contributed by atoms with Gasteiger partial charge in [-0.2, -0.15) is 0 Å². The van der Waals surface area contributed by atoms with Gasteiger partial charge >= 0.3 is 5.97 Å². The van der Waals surface area contributed by atoms with Gasteiger partial charge in [-0.15, -0.1) is 0 Å². The molecule has 1 heterocycles. The van der Waals surface area contributed by atoms with Gasteiger partial charge in [0.15, 0.2) is 5.76 Å². The summed E-state index contributed by atoms with van der Waals surface area (Å²) in [6, 6.07) is 10.0. The molecule has 0 bridgehead atoms. The highest BCUT2D eigenvalue weighted by Gasteiger charge is 2.19. The number of aryl methyl sites for hydroxylation is 1. The van der Waals surface area contributed by atoms with E-state index in [1.807, 2.05) is 25.1 Å². The quantitative estimate of drug-likeness (QED) is 0.842. The Morgan fingerprint density at radius 3 is 2.72 bits per heavy atom. The number of carboxylic acids is 1. The number of hydrogen-bond donors (Lipinski definition) is 2. The largest absolute Gasteiger partial charge is 0.480 e. The maximum atomic E-state index is 11.2. The van der Waals surface area contributed by atoms with Crippen molar-refractivity contribution >= 4 is 5.97 Å². The third kappa shape index (κ3) is 2.95. The molecule has 0 aliphatic carbocycles. The van der Waals surface area contributed by atoms with Crippen molar-refractivity contribution < 1.29 is 14.4 Å². The van der Waals surface area contributed by atoms with Gasteiger partial charge < -0.3 is 9.63 Å². The van der Waals surface area contributed by atoms with E-state index in [-0.39, 0.29) is 0 Å². The number of aliphatic carboxylic acids is 1. The molecule has 1 aromatic carbocycles. The van der Waals surface area contributed by atoms with Crippen LogP contribution in [0.2, 0.25) is 0 Å². The Balaban J connectivity index is 2.06. The van der Waals surface area contributed by atoms with Gasteiger partial charge in [-0.1, -0.05) is 35.5 Å². The highest BCUT2D eigenvalue weighted by atomic mass is 16.5. The number of nitrogens with one attached hydrogen (secondary N) is 1. The predicted octanol–water partition coefficient (Wildman–Crippen LogP) is 1.90. The van der Waals surface area contributed by atoms with Crippen molar-refractivity contribution in [3.05, 3.63) is 53.4 Å². The van der Waals surface area contributed by atoms with Gasteiger partial charge in [0, 0.05) is 6.07 Å². The molecule has 1 aromatic heterocycles. The molecule has 0 radical (unpaired) electrons. The van der Waals surface area contributed by atoms with Crippen LogP contribution in [0.4, 0.5) is 0 Å². The summed E-state index contributed by atoms with van der Waals surface area (Å²) in [5.41, 5.74) is 1.49. The first-order chi connectivity index (χ1) is 8.66. The lowest BCUT2D eigenvalue weighted by Crippen LogP contribution is -2.27. The van der Waals surface area contributed by atoms with Crippen molar-refractivity contribution in [2.45, 2.75) is 19.5 Å². The van der Waals surface area contributed by atoms with Crippen LogP contribution >= 0.6 is 0 Å². The number of nitrogens with zero attached hydrogens (tertiary/aromatic N) is 1. The molecule has 1 unspecified atom stereocenters. The highest BCUT2D eigenvalue weighted by Crippen LogP contribution is 2.14. The molecule has 2 N–H and O–H groups in total. The fourth-order valence-electron chi connectivity index (χ4n) is 1.70. The zero-order valence-corrected chi connectivity index (χ0v) is 9.96. The third-order valence-electron chi connectivity index (χ3n) is 2.54. The van der Waals surface area contributed by atoms with E-state index >= 15 is 0 Å². The van der Waals surface area contributed by atoms with Crippen LogP contribution in [-0.4, -0.2) is 16.2 Å². The zero-order chi connectivity index (χ0) is 13.0. The summed E-state index contributed by atoms with van der Waals surface area (Å²) in [4.78, 5) is 11.2. The standard InChI is InChI=1S/C13H14N2O3/c1-9-7-11(18-15-9)8-14-12(13(16)17)10-5-3-2-4-6-10/h2-7,12,14H,8H2,1H3,(H,16,17). The summed E-state index contributed by atoms with van der Waals surface area (Å²) in [6.07, 6.45) is 0. The molecule has 0 saturated carbocycles. The molecule has 0 spiro atoms. The summed E-state index contributed by atoms with van der Waals surface area (Å²) in [6.45, 7) is 2.14. The SMILES string of the molecule is Cc1cc(CNC(C(=O)O)c2ccccc2)on1. The number of carboxylic acid groups (broad SMARTS) is 1. The molecule has 0 fully saturated rings. The third-order valence-corrected chi connectivity index (χ3v) is 2.54. The second kappa shape index (κ2) is 5.46. The monoisotopic (exact) mass is 246 g/mol. The van der Waals surface area contributed by atoms with Crippen LogP contribution in [0.15, 0.2) is 40.9 Å². The van der Waals surface area contributed by atoms with Crippen molar-refractivity contribution in [3.63, 3.8) is 0 Å². The van der Waals surface area contributed by atoms with Gasteiger partial charge in [-0.05, 0) is 12.5 Å². The molecular weight excluding hydrogens is 232 g/mol. The second-order valence-electron chi connectivity index (χ2n) is 4.00. The minimum absolute atomic E-state index is 0.326. The zero-order valence-electron chi connectivity index (χ0n) is 9.96. The van der Waals surface area contributed by atoms with E-state index in [0.29, 0.717) is 17.9 Å². The normalized spacial score (nSPS) is 12.3. The minimum Gasteiger partial charge on any atom is -0.480 e. The van der Waals surface area contributed by atoms with Gasteiger partial charge in [0.1, 0.15) is 6.04 Å². The average molecular weight is 246 g/mol. The van der Waals surface area contributed by atoms with E-state index in [9.17, 15) is 9.90 Å². The lowest BCUT2D eigenvalue weighted by molar-refractivity contribution is -0.139. The molecule has 0 aliphatic heterocycles. The van der Waals surface area contributed by atoms with Crippen LogP contribution in [0.3, 0.4) is 0 Å². The Hall–Kier alpha value is -2.14. The minimum atomic E-state index is -0.919. The molecule has 18 heavy (non-hydrogen) atoms. The Labute approximate surface area is 104 Å². The fourth-order valence-corrected chi connectivity index (χ4v) is 1.70. The van der Waals surface area contributed by atoms with Crippen molar-refractivity contribution in [3.8, 4) is 0 Å². The molecule has 0 amide bonds. The lowest BCUT2D eigenvalue weighted by atomic mass is 10.1. The van der Waals surface area contributed by atoms with Gasteiger partial charge in [-0.25, -0.2) is 0 Å². The van der Waals surface area contributed by atoms with Crippen LogP contribution in [0.5, 0.6) is 0 Å². The smallest absolute Gasteiger partial charge is 0.325 e. The molecule has 2 rings (SSSR count). The van der Waals surface area contributed by atoms with E-state index in [0.717, 1.165) is 5.69 Å². The highest BCUT2D eigenvalue weighted by molar-refractivity contribution is 5.75. The predicted molar refractivity (Wildman–Crippen MR) is 64.9 cm³/mol. The van der Waals surface area contributed by atoms with E-state index in [1.54, 1.807) is 18.2 Å². The van der Waals surface area contributed by atoms with Gasteiger partial charge in [0.05, 0.1) is 12.2 Å². The topological polar surface area (TPSA) is 75.4 Å². The molecule has 1 atom stereocenters. The van der Waals surface area contributed by atoms with Gasteiger partial charge in [0.25, 0.3) is 0 Å². The molecular formula is C13H14N2O3. The number of rotatable bonds is 5. The Kier molecular flexibility index (Phi) is 3.74. The number of benzene rings is 1. The fraction of sp³-hybridized carbons (Fsp3) is 0.231. The van der Waals surface area contributed by atoms with Gasteiger partial charge in [-0.3, -0.25) is 10.1 Å². The Morgan fingerprint density at radius 1 is 1.44 bits per heavy atom. The summed E-state index contributed by atoms with van der Waals surface area (Å²) >= 11 is 0. The van der Waals surface area contributed by atoms with Crippen LogP contribution in [-0.2, 0) is 11.3 Å². The van der Waals surface area contributed by atoms with Gasteiger partial charge in [0.2, 0.25) is 0 Å². The Bertz CT molecular complexity index is 522. The average Bonchev–Trinajstić information content (AvgIpc) is 2.76. The van der Waals surface area contributed by atoms with Crippen molar-refractivity contribution in [1.82, 2.24) is 10.5 Å². The first-order valence-corrected chi connectivity index (χ1v) is 5.60. The first-order valence-electron chi connectivity index (χ1n) is 5.60. The van der Waals surface area contributed by atoms with Crippen LogP contribution in [0.25, 0.3) is 0 Å². The number of aromatic nitrogens is 1. The maximum Gasteiger partial charge on any atom is 0.325 e. The van der Waals surface area contributed by atoms with Crippen LogP contribution in [0, 0.1) is 6.92 Å². The van der Waals surface area contributed by atoms with Crippen LogP contribution < -0.4 is 5.32 Å². The molecule has 0 saturated heterocycles. The van der Waals surface area contributed by atoms with E-state index in [4.69, 9.17) is 4.52 Å². The lowest BCUT2D eigenvalue weighted by Gasteiger charge is -2.13. The van der Waals surface area contributed by atoms with Crippen molar-refractivity contribution in [2.24, 2.45) is 0 Å². The summed E-state index contributed by atoms with van der Waals surface area (Å²) < 4.78 is 5.02. The number of carbonyl (C=O) groups is 1. The number of hydrogen-bond acceptors (Lipinski definition) is 4.